The van der Waals surface area contributed by atoms with Crippen molar-refractivity contribution in [3.63, 3.8) is 0 Å². The minimum atomic E-state index is 0.0455. The first-order chi connectivity index (χ1) is 21.2. The first kappa shape index (κ1) is 29.1. The van der Waals surface area contributed by atoms with Crippen LogP contribution in [0.2, 0.25) is 0 Å². The Morgan fingerprint density at radius 2 is 0.977 bits per heavy atom. The Hall–Kier alpha value is -3.68. The fraction of sp³-hybridized carbons (Fsp3) is 0.256. The van der Waals surface area contributed by atoms with Gasteiger partial charge in [0.2, 0.25) is 0 Å². The van der Waals surface area contributed by atoms with E-state index in [1.165, 1.54) is 102 Å². The number of hydrogen-bond acceptors (Lipinski definition) is 0. The van der Waals surface area contributed by atoms with Gasteiger partial charge >= 0.3 is 0 Å². The van der Waals surface area contributed by atoms with Crippen LogP contribution in [0.3, 0.4) is 0 Å². The average Bonchev–Trinajstić information content (AvgIpc) is 3.04. The molecule has 0 atom stereocenters. The maximum absolute atomic E-state index is 3.70. The average molecular weight is 638 g/mol. The molecule has 0 aliphatic heterocycles. The zero-order chi connectivity index (χ0) is 30.6. The Balaban J connectivity index is 0.000000144. The SMILES string of the molecule is CC1(C)c2ccccc2-c2ccc(Br)c3cccc1c23.CCCCCc1ccc2c3c(cccc13)C(C)(C)c1ccccc1-2. The van der Waals surface area contributed by atoms with Crippen molar-refractivity contribution in [2.75, 3.05) is 0 Å². The molecule has 0 bridgehead atoms. The lowest BCUT2D eigenvalue weighted by Gasteiger charge is -2.35. The van der Waals surface area contributed by atoms with Crippen LogP contribution in [0.5, 0.6) is 0 Å². The van der Waals surface area contributed by atoms with E-state index < -0.39 is 0 Å². The minimum absolute atomic E-state index is 0.0455. The van der Waals surface area contributed by atoms with E-state index in [1.54, 1.807) is 0 Å². The second-order valence-electron chi connectivity index (χ2n) is 13.6. The molecule has 2 aliphatic carbocycles. The van der Waals surface area contributed by atoms with Crippen molar-refractivity contribution in [1.82, 2.24) is 0 Å². The van der Waals surface area contributed by atoms with Crippen LogP contribution in [0.1, 0.15) is 81.7 Å². The third-order valence-corrected chi connectivity index (χ3v) is 11.0. The standard InChI is InChI=1S/C24H26.C19H15Br/c1-4-5-6-10-17-15-16-20-19-11-7-8-13-21(19)24(2,3)22-14-9-12-18(17)23(20)22;1-19(2)15-8-4-3-6-12(15)13-10-11-17(20)14-7-5-9-16(19)18(13)14/h7-9,11-16H,4-6,10H2,1-3H3;3-11H,1-2H3. The Labute approximate surface area is 271 Å². The topological polar surface area (TPSA) is 0 Å². The highest BCUT2D eigenvalue weighted by Crippen LogP contribution is 2.50. The molecule has 2 aliphatic rings. The minimum Gasteiger partial charge on any atom is -0.0654 e. The molecule has 0 heterocycles. The van der Waals surface area contributed by atoms with E-state index in [2.05, 4.69) is 160 Å². The molecule has 0 unspecified atom stereocenters. The van der Waals surface area contributed by atoms with Crippen molar-refractivity contribution in [2.24, 2.45) is 0 Å². The van der Waals surface area contributed by atoms with Gasteiger partial charge in [0.25, 0.3) is 0 Å². The van der Waals surface area contributed by atoms with Gasteiger partial charge in [-0.3, -0.25) is 0 Å². The van der Waals surface area contributed by atoms with Gasteiger partial charge in [0.1, 0.15) is 0 Å². The van der Waals surface area contributed by atoms with Crippen LogP contribution in [0.25, 0.3) is 43.8 Å². The molecular formula is C43H41Br. The summed E-state index contributed by atoms with van der Waals surface area (Å²) in [6.45, 7) is 11.7. The van der Waals surface area contributed by atoms with Crippen molar-refractivity contribution in [3.05, 3.63) is 141 Å². The van der Waals surface area contributed by atoms with E-state index in [1.807, 2.05) is 0 Å². The van der Waals surface area contributed by atoms with Crippen molar-refractivity contribution in [3.8, 4) is 22.3 Å². The summed E-state index contributed by atoms with van der Waals surface area (Å²) < 4.78 is 1.17. The summed E-state index contributed by atoms with van der Waals surface area (Å²) in [5.74, 6) is 0. The summed E-state index contributed by atoms with van der Waals surface area (Å²) in [6, 6.07) is 40.4. The number of halogens is 1. The highest BCUT2D eigenvalue weighted by atomic mass is 79.9. The Bertz CT molecular complexity index is 2040. The third-order valence-electron chi connectivity index (χ3n) is 10.3. The normalized spacial score (nSPS) is 14.9. The van der Waals surface area contributed by atoms with Gasteiger partial charge in [-0.2, -0.15) is 0 Å². The first-order valence-corrected chi connectivity index (χ1v) is 17.0. The van der Waals surface area contributed by atoms with E-state index in [9.17, 15) is 0 Å². The fourth-order valence-corrected chi connectivity index (χ4v) is 8.39. The van der Waals surface area contributed by atoms with Gasteiger partial charge in [0.15, 0.2) is 0 Å². The van der Waals surface area contributed by atoms with E-state index in [4.69, 9.17) is 0 Å². The van der Waals surface area contributed by atoms with Gasteiger partial charge in [-0.25, -0.2) is 0 Å². The fourth-order valence-electron chi connectivity index (χ4n) is 7.93. The van der Waals surface area contributed by atoms with Crippen LogP contribution in [0.15, 0.2) is 114 Å². The van der Waals surface area contributed by atoms with Crippen molar-refractivity contribution in [1.29, 1.82) is 0 Å². The van der Waals surface area contributed by atoms with Gasteiger partial charge in [0, 0.05) is 15.3 Å². The number of unbranched alkanes of at least 4 members (excludes halogenated alkanes) is 2. The molecule has 1 heteroatoms. The largest absolute Gasteiger partial charge is 0.0654 e. The molecular weight excluding hydrogens is 596 g/mol. The number of hydrogen-bond donors (Lipinski definition) is 0. The molecule has 0 radical (unpaired) electrons. The smallest absolute Gasteiger partial charge is 0.0254 e. The third kappa shape index (κ3) is 4.47. The monoisotopic (exact) mass is 636 g/mol. The molecule has 0 aromatic heterocycles. The highest BCUT2D eigenvalue weighted by molar-refractivity contribution is 9.10. The van der Waals surface area contributed by atoms with Crippen LogP contribution in [0, 0.1) is 0 Å². The van der Waals surface area contributed by atoms with Crippen LogP contribution in [0.4, 0.5) is 0 Å². The maximum atomic E-state index is 3.70. The van der Waals surface area contributed by atoms with E-state index >= 15 is 0 Å². The van der Waals surface area contributed by atoms with Gasteiger partial charge in [-0.1, -0.05) is 167 Å². The molecule has 6 aromatic rings. The van der Waals surface area contributed by atoms with Gasteiger partial charge in [0.05, 0.1) is 0 Å². The van der Waals surface area contributed by atoms with E-state index in [0.29, 0.717) is 0 Å². The summed E-state index contributed by atoms with van der Waals surface area (Å²) in [6.07, 6.45) is 5.07. The number of rotatable bonds is 4. The second-order valence-corrected chi connectivity index (χ2v) is 14.5. The van der Waals surface area contributed by atoms with Crippen molar-refractivity contribution in [2.45, 2.75) is 71.1 Å². The zero-order valence-corrected chi connectivity index (χ0v) is 28.2. The molecule has 0 amide bonds. The molecule has 0 spiro atoms. The predicted octanol–water partition coefficient (Wildman–Crippen LogP) is 12.8. The molecule has 0 saturated carbocycles. The Kier molecular flexibility index (Phi) is 7.29. The summed E-state index contributed by atoms with van der Waals surface area (Å²) in [4.78, 5) is 0. The van der Waals surface area contributed by atoms with Crippen molar-refractivity contribution < 1.29 is 0 Å². The summed E-state index contributed by atoms with van der Waals surface area (Å²) in [5, 5.41) is 5.65. The lowest BCUT2D eigenvalue weighted by atomic mass is 9.68. The summed E-state index contributed by atoms with van der Waals surface area (Å²) in [7, 11) is 0. The lowest BCUT2D eigenvalue weighted by molar-refractivity contribution is 0.645. The summed E-state index contributed by atoms with van der Waals surface area (Å²) >= 11 is 3.70. The Morgan fingerprint density at radius 3 is 1.57 bits per heavy atom. The zero-order valence-electron chi connectivity index (χ0n) is 26.6. The van der Waals surface area contributed by atoms with Gasteiger partial charge in [-0.15, -0.1) is 0 Å². The molecule has 8 rings (SSSR count). The quantitative estimate of drug-likeness (QED) is 0.169. The van der Waals surface area contributed by atoms with Gasteiger partial charge < -0.3 is 0 Å². The molecule has 6 aromatic carbocycles. The second kappa shape index (κ2) is 11.0. The maximum Gasteiger partial charge on any atom is 0.0254 e. The lowest BCUT2D eigenvalue weighted by Crippen LogP contribution is -2.23. The predicted molar refractivity (Wildman–Crippen MR) is 194 cm³/mol. The molecule has 0 N–H and O–H groups in total. The van der Waals surface area contributed by atoms with Crippen molar-refractivity contribution >= 4 is 37.5 Å². The molecule has 44 heavy (non-hydrogen) atoms. The van der Waals surface area contributed by atoms with E-state index in [0.717, 1.165) is 0 Å². The van der Waals surface area contributed by atoms with E-state index in [-0.39, 0.29) is 10.8 Å². The van der Waals surface area contributed by atoms with Gasteiger partial charge in [-0.05, 0) is 90.5 Å². The molecule has 220 valence electrons. The molecule has 0 fully saturated rings. The summed E-state index contributed by atoms with van der Waals surface area (Å²) in [5.41, 5.74) is 12.9. The Morgan fingerprint density at radius 1 is 0.477 bits per heavy atom. The number of fused-ring (bicyclic) bond motifs is 4. The molecule has 0 nitrogen and oxygen atoms in total. The number of aryl methyl sites for hydroxylation is 1. The molecule has 0 saturated heterocycles. The van der Waals surface area contributed by atoms with Crippen LogP contribution < -0.4 is 0 Å². The van der Waals surface area contributed by atoms with Crippen LogP contribution in [-0.2, 0) is 17.3 Å². The van der Waals surface area contributed by atoms with Crippen LogP contribution in [-0.4, -0.2) is 0 Å². The van der Waals surface area contributed by atoms with Crippen LogP contribution >= 0.6 is 15.9 Å². The number of benzene rings is 6. The first-order valence-electron chi connectivity index (χ1n) is 16.2. The highest BCUT2D eigenvalue weighted by Gasteiger charge is 2.34.